The fourth-order valence-electron chi connectivity index (χ4n) is 1.48. The lowest BCUT2D eigenvalue weighted by Crippen LogP contribution is -2.15. The highest BCUT2D eigenvalue weighted by atomic mass is 35.5. The minimum absolute atomic E-state index is 0. The molecule has 0 saturated carbocycles. The van der Waals surface area contributed by atoms with Crippen LogP contribution in [0.1, 0.15) is 32.4 Å². The van der Waals surface area contributed by atoms with Gasteiger partial charge in [0, 0.05) is 24.0 Å². The fourth-order valence-corrected chi connectivity index (χ4v) is 1.59. The van der Waals surface area contributed by atoms with Gasteiger partial charge in [-0.1, -0.05) is 7.43 Å². The van der Waals surface area contributed by atoms with Crippen molar-refractivity contribution in [3.8, 4) is 12.1 Å². The molecule has 0 fully saturated rings. The Hall–Kier alpha value is -3.89. The number of amides is 1. The largest absolute Gasteiger partial charge is 0.454 e. The molecular weight excluding hydrogens is 412 g/mol. The second kappa shape index (κ2) is 17.2. The fraction of sp³-hybridized carbons (Fsp3) is 0.263. The summed E-state index contributed by atoms with van der Waals surface area (Å²) in [7, 11) is 0. The van der Waals surface area contributed by atoms with Crippen molar-refractivity contribution >= 4 is 34.8 Å². The molecule has 0 unspecified atom stereocenters. The summed E-state index contributed by atoms with van der Waals surface area (Å²) in [4.78, 5) is 28.1. The third kappa shape index (κ3) is 12.5. The maximum Gasteiger partial charge on any atom is 0.412 e. The Labute approximate surface area is 180 Å². The van der Waals surface area contributed by atoms with Crippen LogP contribution in [0.3, 0.4) is 0 Å². The van der Waals surface area contributed by atoms with Crippen molar-refractivity contribution in [1.82, 2.24) is 9.97 Å². The summed E-state index contributed by atoms with van der Waals surface area (Å²) in [5.74, 6) is 0.508. The maximum absolute atomic E-state index is 11.0. The SMILES string of the molecule is C.CCOC(=O)Cl.CCOC(=O)Nc1ncccc1C#N.N#Cc1cccnc1N. The monoisotopic (exact) mass is 434 g/mol. The number of carbonyl (C=O) groups excluding carboxylic acids is 2. The van der Waals surface area contributed by atoms with Crippen LogP contribution in [0.25, 0.3) is 0 Å². The van der Waals surface area contributed by atoms with Gasteiger partial charge in [-0.15, -0.1) is 0 Å². The van der Waals surface area contributed by atoms with Crippen molar-refractivity contribution in [2.24, 2.45) is 0 Å². The Morgan fingerprint density at radius 1 is 1.07 bits per heavy atom. The van der Waals surface area contributed by atoms with Crippen molar-refractivity contribution in [3.63, 3.8) is 0 Å². The predicted octanol–water partition coefficient (Wildman–Crippen LogP) is 4.07. The molecule has 1 amide bonds. The van der Waals surface area contributed by atoms with Crippen LogP contribution >= 0.6 is 11.6 Å². The molecular formula is C19H23ClN6O4. The zero-order valence-electron chi connectivity index (χ0n) is 15.8. The first-order valence-electron chi connectivity index (χ1n) is 8.11. The van der Waals surface area contributed by atoms with Crippen LogP contribution in [0.5, 0.6) is 0 Å². The number of rotatable bonds is 3. The van der Waals surface area contributed by atoms with Crippen molar-refractivity contribution < 1.29 is 19.1 Å². The average molecular weight is 435 g/mol. The number of hydrogen-bond donors (Lipinski definition) is 2. The molecule has 30 heavy (non-hydrogen) atoms. The minimum Gasteiger partial charge on any atom is -0.454 e. The summed E-state index contributed by atoms with van der Waals surface area (Å²) in [5, 5.41) is 19.4. The van der Waals surface area contributed by atoms with Crippen LogP contribution in [0.2, 0.25) is 0 Å². The van der Waals surface area contributed by atoms with Gasteiger partial charge in [0.2, 0.25) is 0 Å². The number of nitriles is 2. The van der Waals surface area contributed by atoms with E-state index in [1.807, 2.05) is 12.1 Å². The highest BCUT2D eigenvalue weighted by Crippen LogP contribution is 2.09. The third-order valence-electron chi connectivity index (χ3n) is 2.64. The molecule has 0 atom stereocenters. The van der Waals surface area contributed by atoms with Gasteiger partial charge in [-0.2, -0.15) is 10.5 Å². The van der Waals surface area contributed by atoms with Crippen LogP contribution in [0, 0.1) is 22.7 Å². The van der Waals surface area contributed by atoms with Gasteiger partial charge in [0.05, 0.1) is 24.3 Å². The van der Waals surface area contributed by atoms with Crippen molar-refractivity contribution in [2.75, 3.05) is 24.3 Å². The summed E-state index contributed by atoms with van der Waals surface area (Å²) in [5.41, 5.74) is 5.29. The van der Waals surface area contributed by atoms with Gasteiger partial charge >= 0.3 is 11.5 Å². The molecule has 2 heterocycles. The van der Waals surface area contributed by atoms with E-state index in [1.54, 1.807) is 44.3 Å². The smallest absolute Gasteiger partial charge is 0.412 e. The van der Waals surface area contributed by atoms with Gasteiger partial charge in [0.15, 0.2) is 5.82 Å². The number of hydrogen-bond acceptors (Lipinski definition) is 9. The van der Waals surface area contributed by atoms with Gasteiger partial charge < -0.3 is 15.2 Å². The molecule has 2 aromatic rings. The first-order valence-corrected chi connectivity index (χ1v) is 8.49. The molecule has 160 valence electrons. The molecule has 0 aliphatic rings. The van der Waals surface area contributed by atoms with Crippen LogP contribution in [-0.4, -0.2) is 34.7 Å². The molecule has 3 N–H and O–H groups in total. The van der Waals surface area contributed by atoms with E-state index in [4.69, 9.17) is 27.9 Å². The topological polar surface area (TPSA) is 164 Å². The second-order valence-electron chi connectivity index (χ2n) is 4.58. The zero-order chi connectivity index (χ0) is 22.1. The van der Waals surface area contributed by atoms with E-state index in [-0.39, 0.29) is 19.9 Å². The summed E-state index contributed by atoms with van der Waals surface area (Å²) in [6.45, 7) is 4.02. The van der Waals surface area contributed by atoms with Crippen molar-refractivity contribution in [2.45, 2.75) is 21.3 Å². The lowest BCUT2D eigenvalue weighted by Gasteiger charge is -2.04. The highest BCUT2D eigenvalue weighted by Gasteiger charge is 2.06. The van der Waals surface area contributed by atoms with Gasteiger partial charge in [0.25, 0.3) is 0 Å². The number of nitrogens with two attached hydrogens (primary N) is 1. The molecule has 2 aromatic heterocycles. The maximum atomic E-state index is 11.0. The number of halogens is 1. The van der Waals surface area contributed by atoms with Gasteiger partial charge in [0.1, 0.15) is 18.0 Å². The molecule has 0 radical (unpaired) electrons. The number of anilines is 2. The molecule has 0 spiro atoms. The summed E-state index contributed by atoms with van der Waals surface area (Å²) in [6.07, 6.45) is 2.43. The van der Waals surface area contributed by atoms with E-state index in [9.17, 15) is 9.59 Å². The number of carbonyl (C=O) groups is 2. The lowest BCUT2D eigenvalue weighted by molar-refractivity contribution is 0.167. The normalized spacial score (nSPS) is 8.17. The molecule has 11 heteroatoms. The minimum atomic E-state index is -0.738. The van der Waals surface area contributed by atoms with E-state index in [2.05, 4.69) is 24.8 Å². The Balaban J connectivity index is 0. The molecule has 0 aliphatic heterocycles. The summed E-state index contributed by atoms with van der Waals surface area (Å²) in [6, 6.07) is 10.3. The first kappa shape index (κ1) is 28.3. The van der Waals surface area contributed by atoms with Crippen LogP contribution in [0.15, 0.2) is 36.7 Å². The van der Waals surface area contributed by atoms with E-state index < -0.39 is 11.5 Å². The Kier molecular flexibility index (Phi) is 16.3. The van der Waals surface area contributed by atoms with Gasteiger partial charge in [-0.3, -0.25) is 5.32 Å². The Morgan fingerprint density at radius 2 is 1.60 bits per heavy atom. The van der Waals surface area contributed by atoms with E-state index in [1.165, 1.54) is 6.20 Å². The number of nitrogens with zero attached hydrogens (tertiary/aromatic N) is 4. The summed E-state index contributed by atoms with van der Waals surface area (Å²) >= 11 is 4.72. The van der Waals surface area contributed by atoms with Crippen LogP contribution in [0.4, 0.5) is 21.2 Å². The molecule has 10 nitrogen and oxygen atoms in total. The quantitative estimate of drug-likeness (QED) is 0.677. The second-order valence-corrected chi connectivity index (χ2v) is 4.88. The molecule has 0 bridgehead atoms. The van der Waals surface area contributed by atoms with Crippen LogP contribution < -0.4 is 11.1 Å². The van der Waals surface area contributed by atoms with Crippen molar-refractivity contribution in [1.29, 1.82) is 10.5 Å². The standard InChI is InChI=1S/C9H9N3O2.C6H5N3.C3H5ClO2.CH4/c1-2-14-9(13)12-8-7(6-10)4-3-5-11-8;7-4-5-2-1-3-9-6(5)8;1-2-6-3(4)5;/h3-5H,2H2,1H3,(H,11,12,13);1-3H,(H2,8,9);2H2,1H3;1H4. The number of ether oxygens (including phenoxy) is 2. The average Bonchev–Trinajstić information content (AvgIpc) is 2.70. The molecule has 0 aromatic carbocycles. The lowest BCUT2D eigenvalue weighted by atomic mass is 10.3. The summed E-state index contributed by atoms with van der Waals surface area (Å²) < 4.78 is 8.81. The van der Waals surface area contributed by atoms with Gasteiger partial charge in [-0.25, -0.2) is 19.6 Å². The van der Waals surface area contributed by atoms with E-state index in [0.717, 1.165) is 0 Å². The van der Waals surface area contributed by atoms with Crippen LogP contribution in [-0.2, 0) is 9.47 Å². The van der Waals surface area contributed by atoms with E-state index >= 15 is 0 Å². The number of pyridine rings is 2. The van der Waals surface area contributed by atoms with E-state index in [0.29, 0.717) is 23.6 Å². The predicted molar refractivity (Wildman–Crippen MR) is 113 cm³/mol. The van der Waals surface area contributed by atoms with Crippen molar-refractivity contribution in [3.05, 3.63) is 47.8 Å². The number of nitrogen functional groups attached to an aromatic ring is 1. The highest BCUT2D eigenvalue weighted by molar-refractivity contribution is 6.61. The number of aromatic nitrogens is 2. The zero-order valence-corrected chi connectivity index (χ0v) is 16.5. The molecule has 0 saturated heterocycles. The first-order chi connectivity index (χ1) is 13.9. The third-order valence-corrected chi connectivity index (χ3v) is 2.75. The Morgan fingerprint density at radius 3 is 2.00 bits per heavy atom. The Bertz CT molecular complexity index is 880. The molecule has 0 aliphatic carbocycles. The van der Waals surface area contributed by atoms with Gasteiger partial charge in [-0.05, 0) is 38.1 Å². The number of nitrogens with one attached hydrogen (secondary N) is 1. The molecule has 2 rings (SSSR count).